The van der Waals surface area contributed by atoms with E-state index in [1.807, 2.05) is 29.7 Å². The number of methoxy groups -OCH3 is 2. The SMILES string of the molecule is CCCc1nc2cc(C)ccn2c1C(=O)Nc1ccc(OC)c(OC)c1. The van der Waals surface area contributed by atoms with E-state index in [0.29, 0.717) is 22.9 Å². The lowest BCUT2D eigenvalue weighted by Crippen LogP contribution is -2.16. The number of amides is 1. The number of hydrogen-bond donors (Lipinski definition) is 1. The molecular formula is C20H23N3O3. The van der Waals surface area contributed by atoms with E-state index in [1.54, 1.807) is 32.4 Å². The van der Waals surface area contributed by atoms with Crippen LogP contribution in [0.2, 0.25) is 0 Å². The standard InChI is InChI=1S/C20H23N3O3/c1-5-6-15-19(23-10-9-13(2)11-18(23)22-15)20(24)21-14-7-8-16(25-3)17(12-14)26-4/h7-12H,5-6H2,1-4H3,(H,21,24). The first kappa shape index (κ1) is 17.8. The summed E-state index contributed by atoms with van der Waals surface area (Å²) < 4.78 is 12.4. The minimum absolute atomic E-state index is 0.197. The van der Waals surface area contributed by atoms with Crippen molar-refractivity contribution >= 4 is 17.2 Å². The molecule has 6 nitrogen and oxygen atoms in total. The molecule has 0 spiro atoms. The summed E-state index contributed by atoms with van der Waals surface area (Å²) in [6.45, 7) is 4.09. The molecule has 0 bridgehead atoms. The molecule has 0 aliphatic carbocycles. The predicted molar refractivity (Wildman–Crippen MR) is 101 cm³/mol. The molecule has 0 atom stereocenters. The molecule has 1 N–H and O–H groups in total. The van der Waals surface area contributed by atoms with Crippen molar-refractivity contribution in [3.05, 3.63) is 53.5 Å². The summed E-state index contributed by atoms with van der Waals surface area (Å²) in [5.41, 5.74) is 3.90. The van der Waals surface area contributed by atoms with Crippen molar-refractivity contribution < 1.29 is 14.3 Å². The lowest BCUT2D eigenvalue weighted by Gasteiger charge is -2.11. The average molecular weight is 353 g/mol. The van der Waals surface area contributed by atoms with Gasteiger partial charge in [0.2, 0.25) is 0 Å². The van der Waals surface area contributed by atoms with E-state index in [0.717, 1.165) is 29.7 Å². The van der Waals surface area contributed by atoms with Crippen LogP contribution in [0, 0.1) is 6.92 Å². The molecule has 2 heterocycles. The molecule has 0 radical (unpaired) electrons. The number of anilines is 1. The molecule has 0 saturated heterocycles. The third-order valence-electron chi connectivity index (χ3n) is 4.20. The largest absolute Gasteiger partial charge is 0.493 e. The smallest absolute Gasteiger partial charge is 0.274 e. The predicted octanol–water partition coefficient (Wildman–Crippen LogP) is 3.86. The monoisotopic (exact) mass is 353 g/mol. The van der Waals surface area contributed by atoms with E-state index in [1.165, 1.54) is 0 Å². The molecule has 2 aromatic heterocycles. The number of benzene rings is 1. The fraction of sp³-hybridized carbons (Fsp3) is 0.300. The third-order valence-corrected chi connectivity index (χ3v) is 4.20. The second-order valence-corrected chi connectivity index (χ2v) is 6.11. The maximum atomic E-state index is 13.0. The minimum atomic E-state index is -0.197. The summed E-state index contributed by atoms with van der Waals surface area (Å²) in [6, 6.07) is 9.24. The van der Waals surface area contributed by atoms with E-state index in [4.69, 9.17) is 9.47 Å². The number of aryl methyl sites for hydroxylation is 2. The highest BCUT2D eigenvalue weighted by atomic mass is 16.5. The molecule has 0 aliphatic heterocycles. The Bertz CT molecular complexity index is 947. The Hall–Kier alpha value is -3.02. The zero-order chi connectivity index (χ0) is 18.7. The first-order valence-electron chi connectivity index (χ1n) is 8.58. The summed E-state index contributed by atoms with van der Waals surface area (Å²) in [7, 11) is 3.14. The fourth-order valence-electron chi connectivity index (χ4n) is 2.95. The van der Waals surface area contributed by atoms with Crippen molar-refractivity contribution in [2.45, 2.75) is 26.7 Å². The molecule has 3 rings (SSSR count). The summed E-state index contributed by atoms with van der Waals surface area (Å²) in [4.78, 5) is 17.6. The van der Waals surface area contributed by atoms with Crippen LogP contribution in [0.1, 0.15) is 35.1 Å². The lowest BCUT2D eigenvalue weighted by atomic mass is 10.2. The first-order valence-corrected chi connectivity index (χ1v) is 8.58. The second kappa shape index (κ2) is 7.47. The van der Waals surface area contributed by atoms with E-state index in [-0.39, 0.29) is 5.91 Å². The van der Waals surface area contributed by atoms with Crippen LogP contribution < -0.4 is 14.8 Å². The van der Waals surface area contributed by atoms with Gasteiger partial charge in [-0.1, -0.05) is 13.3 Å². The van der Waals surface area contributed by atoms with E-state index in [9.17, 15) is 4.79 Å². The molecule has 0 unspecified atom stereocenters. The number of pyridine rings is 1. The number of imidazole rings is 1. The van der Waals surface area contributed by atoms with Crippen molar-refractivity contribution in [1.82, 2.24) is 9.38 Å². The highest BCUT2D eigenvalue weighted by Crippen LogP contribution is 2.30. The van der Waals surface area contributed by atoms with Gasteiger partial charge in [0.1, 0.15) is 11.3 Å². The van der Waals surface area contributed by atoms with E-state index < -0.39 is 0 Å². The number of fused-ring (bicyclic) bond motifs is 1. The van der Waals surface area contributed by atoms with Gasteiger partial charge in [-0.25, -0.2) is 4.98 Å². The van der Waals surface area contributed by atoms with Gasteiger partial charge >= 0.3 is 0 Å². The van der Waals surface area contributed by atoms with Crippen LogP contribution in [0.15, 0.2) is 36.5 Å². The van der Waals surface area contributed by atoms with Gasteiger partial charge in [-0.3, -0.25) is 9.20 Å². The molecule has 6 heteroatoms. The van der Waals surface area contributed by atoms with Crippen molar-refractivity contribution in [3.8, 4) is 11.5 Å². The van der Waals surface area contributed by atoms with Gasteiger partial charge in [0.15, 0.2) is 11.5 Å². The number of hydrogen-bond acceptors (Lipinski definition) is 4. The third kappa shape index (κ3) is 3.35. The maximum absolute atomic E-state index is 13.0. The first-order chi connectivity index (χ1) is 12.6. The fourth-order valence-corrected chi connectivity index (χ4v) is 2.95. The van der Waals surface area contributed by atoms with Gasteiger partial charge in [-0.05, 0) is 43.2 Å². The van der Waals surface area contributed by atoms with Crippen LogP contribution in [0.5, 0.6) is 11.5 Å². The summed E-state index contributed by atoms with van der Waals surface area (Å²) in [5.74, 6) is 0.979. The Kier molecular flexibility index (Phi) is 5.11. The topological polar surface area (TPSA) is 64.9 Å². The summed E-state index contributed by atoms with van der Waals surface area (Å²) >= 11 is 0. The van der Waals surface area contributed by atoms with Crippen LogP contribution in [-0.2, 0) is 6.42 Å². The van der Waals surface area contributed by atoms with Gasteiger partial charge in [0.05, 0.1) is 19.9 Å². The molecule has 0 aliphatic rings. The molecule has 26 heavy (non-hydrogen) atoms. The van der Waals surface area contributed by atoms with Crippen molar-refractivity contribution in [3.63, 3.8) is 0 Å². The summed E-state index contributed by atoms with van der Waals surface area (Å²) in [6.07, 6.45) is 3.55. The number of rotatable bonds is 6. The molecule has 0 fully saturated rings. The zero-order valence-electron chi connectivity index (χ0n) is 15.5. The zero-order valence-corrected chi connectivity index (χ0v) is 15.5. The van der Waals surface area contributed by atoms with Crippen molar-refractivity contribution in [1.29, 1.82) is 0 Å². The quantitative estimate of drug-likeness (QED) is 0.731. The highest BCUT2D eigenvalue weighted by molar-refractivity contribution is 6.04. The second-order valence-electron chi connectivity index (χ2n) is 6.11. The van der Waals surface area contributed by atoms with Crippen LogP contribution in [0.3, 0.4) is 0 Å². The Labute approximate surface area is 152 Å². The minimum Gasteiger partial charge on any atom is -0.493 e. The average Bonchev–Trinajstić information content (AvgIpc) is 2.98. The molecule has 0 saturated carbocycles. The lowest BCUT2D eigenvalue weighted by molar-refractivity contribution is 0.102. The van der Waals surface area contributed by atoms with Crippen molar-refractivity contribution in [2.24, 2.45) is 0 Å². The van der Waals surface area contributed by atoms with Gasteiger partial charge in [-0.15, -0.1) is 0 Å². The number of ether oxygens (including phenoxy) is 2. The molecule has 3 aromatic rings. The Morgan fingerprint density at radius 2 is 1.92 bits per heavy atom. The molecule has 1 aromatic carbocycles. The number of nitrogens with zero attached hydrogens (tertiary/aromatic N) is 2. The Morgan fingerprint density at radius 3 is 2.62 bits per heavy atom. The Balaban J connectivity index is 1.98. The van der Waals surface area contributed by atoms with E-state index >= 15 is 0 Å². The van der Waals surface area contributed by atoms with Gasteiger partial charge in [0, 0.05) is 18.0 Å². The number of carbonyl (C=O) groups is 1. The van der Waals surface area contributed by atoms with Crippen LogP contribution >= 0.6 is 0 Å². The van der Waals surface area contributed by atoms with E-state index in [2.05, 4.69) is 17.2 Å². The maximum Gasteiger partial charge on any atom is 0.274 e. The molecule has 136 valence electrons. The normalized spacial score (nSPS) is 10.8. The van der Waals surface area contributed by atoms with Crippen molar-refractivity contribution in [2.75, 3.05) is 19.5 Å². The van der Waals surface area contributed by atoms with Crippen LogP contribution in [-0.4, -0.2) is 29.5 Å². The number of aromatic nitrogens is 2. The van der Waals surface area contributed by atoms with Crippen LogP contribution in [0.4, 0.5) is 5.69 Å². The van der Waals surface area contributed by atoms with Gasteiger partial charge in [-0.2, -0.15) is 0 Å². The highest BCUT2D eigenvalue weighted by Gasteiger charge is 2.19. The summed E-state index contributed by atoms with van der Waals surface area (Å²) in [5, 5.41) is 2.94. The Morgan fingerprint density at radius 1 is 1.15 bits per heavy atom. The number of carbonyl (C=O) groups excluding carboxylic acids is 1. The van der Waals surface area contributed by atoms with Crippen LogP contribution in [0.25, 0.3) is 5.65 Å². The van der Waals surface area contributed by atoms with Gasteiger partial charge in [0.25, 0.3) is 5.91 Å². The molecule has 1 amide bonds. The number of nitrogens with one attached hydrogen (secondary N) is 1. The van der Waals surface area contributed by atoms with Gasteiger partial charge < -0.3 is 14.8 Å². The molecular weight excluding hydrogens is 330 g/mol.